The Morgan fingerprint density at radius 3 is 2.80 bits per heavy atom. The van der Waals surface area contributed by atoms with Crippen LogP contribution in [0.15, 0.2) is 0 Å². The summed E-state index contributed by atoms with van der Waals surface area (Å²) in [5.41, 5.74) is 0. The van der Waals surface area contributed by atoms with Crippen molar-refractivity contribution in [1.82, 2.24) is 4.90 Å². The molecule has 2 saturated heterocycles. The van der Waals surface area contributed by atoms with Gasteiger partial charge < -0.3 is 0 Å². The average molecular weight is 139 g/mol. The van der Waals surface area contributed by atoms with Gasteiger partial charge in [0.1, 0.15) is 5.78 Å². The van der Waals surface area contributed by atoms with Crippen LogP contribution in [-0.4, -0.2) is 29.3 Å². The predicted molar refractivity (Wildman–Crippen MR) is 38.8 cm³/mol. The number of fused-ring (bicyclic) bond motifs is 1. The van der Waals surface area contributed by atoms with E-state index < -0.39 is 0 Å². The van der Waals surface area contributed by atoms with Gasteiger partial charge in [-0.1, -0.05) is 6.42 Å². The molecule has 0 radical (unpaired) electrons. The maximum absolute atomic E-state index is 10.9. The van der Waals surface area contributed by atoms with Crippen molar-refractivity contribution >= 4 is 5.78 Å². The molecular formula is C8H13NO. The van der Waals surface area contributed by atoms with E-state index in [-0.39, 0.29) is 0 Å². The van der Waals surface area contributed by atoms with Crippen LogP contribution in [-0.2, 0) is 4.79 Å². The highest BCUT2D eigenvalue weighted by atomic mass is 16.1. The highest BCUT2D eigenvalue weighted by Gasteiger charge is 2.50. The van der Waals surface area contributed by atoms with Crippen LogP contribution < -0.4 is 0 Å². The van der Waals surface area contributed by atoms with E-state index in [9.17, 15) is 4.79 Å². The summed E-state index contributed by atoms with van der Waals surface area (Å²) in [6, 6.07) is 0.966. The molecule has 0 N–H and O–H groups in total. The fourth-order valence-electron chi connectivity index (χ4n) is 2.11. The predicted octanol–water partition coefficient (Wildman–Crippen LogP) is 0.812. The zero-order valence-corrected chi connectivity index (χ0v) is 6.34. The van der Waals surface area contributed by atoms with E-state index in [1.807, 2.05) is 0 Å². The lowest BCUT2D eigenvalue weighted by Gasteiger charge is -2.07. The van der Waals surface area contributed by atoms with E-state index in [0.29, 0.717) is 17.9 Å². The van der Waals surface area contributed by atoms with Gasteiger partial charge in [-0.3, -0.25) is 9.69 Å². The topological polar surface area (TPSA) is 20.1 Å². The minimum Gasteiger partial charge on any atom is -0.298 e. The second-order valence-corrected chi connectivity index (χ2v) is 3.36. The molecule has 2 aliphatic heterocycles. The fraction of sp³-hybridized carbons (Fsp3) is 0.875. The molecule has 0 aromatic rings. The number of carbonyl (C=O) groups is 1. The molecular weight excluding hydrogens is 126 g/mol. The van der Waals surface area contributed by atoms with E-state index in [1.54, 1.807) is 6.92 Å². The Morgan fingerprint density at radius 1 is 1.50 bits per heavy atom. The van der Waals surface area contributed by atoms with Crippen molar-refractivity contribution in [2.24, 2.45) is 0 Å². The SMILES string of the molecule is CC(=O)C1C2CCCCN21. The number of ketones is 1. The van der Waals surface area contributed by atoms with Crippen molar-refractivity contribution in [2.45, 2.75) is 38.3 Å². The second-order valence-electron chi connectivity index (χ2n) is 3.36. The molecule has 0 amide bonds. The van der Waals surface area contributed by atoms with Gasteiger partial charge in [0.2, 0.25) is 0 Å². The Morgan fingerprint density at radius 2 is 2.30 bits per heavy atom. The molecule has 0 aliphatic carbocycles. The number of carbonyl (C=O) groups excluding carboxylic acids is 1. The van der Waals surface area contributed by atoms with Crippen LogP contribution in [0.4, 0.5) is 0 Å². The lowest BCUT2D eigenvalue weighted by atomic mass is 10.1. The van der Waals surface area contributed by atoms with Crippen molar-refractivity contribution in [2.75, 3.05) is 6.54 Å². The van der Waals surface area contributed by atoms with Gasteiger partial charge in [0.25, 0.3) is 0 Å². The third kappa shape index (κ3) is 0.788. The summed E-state index contributed by atoms with van der Waals surface area (Å²) >= 11 is 0. The minimum absolute atomic E-state index is 0.322. The van der Waals surface area contributed by atoms with Crippen LogP contribution in [0.5, 0.6) is 0 Å². The van der Waals surface area contributed by atoms with Gasteiger partial charge in [0, 0.05) is 6.04 Å². The molecule has 0 spiro atoms. The number of rotatable bonds is 1. The van der Waals surface area contributed by atoms with Crippen molar-refractivity contribution in [3.63, 3.8) is 0 Å². The molecule has 56 valence electrons. The lowest BCUT2D eigenvalue weighted by Crippen LogP contribution is -2.11. The number of hydrogen-bond acceptors (Lipinski definition) is 2. The Labute approximate surface area is 61.2 Å². The Balaban J connectivity index is 1.99. The van der Waals surface area contributed by atoms with E-state index >= 15 is 0 Å². The first-order valence-corrected chi connectivity index (χ1v) is 4.07. The fourth-order valence-corrected chi connectivity index (χ4v) is 2.11. The molecule has 0 saturated carbocycles. The van der Waals surface area contributed by atoms with Crippen molar-refractivity contribution in [3.8, 4) is 0 Å². The molecule has 2 heterocycles. The summed E-state index contributed by atoms with van der Waals surface area (Å²) in [5.74, 6) is 0.368. The normalized spacial score (nSPS) is 44.3. The summed E-state index contributed by atoms with van der Waals surface area (Å²) in [5, 5.41) is 0. The smallest absolute Gasteiger partial charge is 0.148 e. The monoisotopic (exact) mass is 139 g/mol. The van der Waals surface area contributed by atoms with Crippen molar-refractivity contribution in [1.29, 1.82) is 0 Å². The quantitative estimate of drug-likeness (QED) is 0.501. The third-order valence-electron chi connectivity index (χ3n) is 2.64. The molecule has 10 heavy (non-hydrogen) atoms. The Kier molecular flexibility index (Phi) is 1.31. The van der Waals surface area contributed by atoms with Crippen LogP contribution in [0.3, 0.4) is 0 Å². The zero-order chi connectivity index (χ0) is 7.14. The molecule has 2 nitrogen and oxygen atoms in total. The summed E-state index contributed by atoms with van der Waals surface area (Å²) in [4.78, 5) is 13.3. The summed E-state index contributed by atoms with van der Waals surface area (Å²) in [6.07, 6.45) is 3.87. The highest BCUT2D eigenvalue weighted by molar-refractivity contribution is 5.85. The summed E-state index contributed by atoms with van der Waals surface area (Å²) in [7, 11) is 0. The first-order valence-electron chi connectivity index (χ1n) is 4.07. The highest BCUT2D eigenvalue weighted by Crippen LogP contribution is 2.36. The molecule has 0 bridgehead atoms. The number of piperidine rings is 1. The summed E-state index contributed by atoms with van der Waals surface area (Å²) < 4.78 is 0. The standard InChI is InChI=1S/C8H13NO/c1-6(10)8-7-4-2-3-5-9(7)8/h7-8H,2-5H2,1H3. The molecule has 2 heteroatoms. The maximum atomic E-state index is 10.9. The van der Waals surface area contributed by atoms with Crippen molar-refractivity contribution in [3.05, 3.63) is 0 Å². The van der Waals surface area contributed by atoms with Crippen LogP contribution in [0.2, 0.25) is 0 Å². The molecule has 2 aliphatic rings. The van der Waals surface area contributed by atoms with Gasteiger partial charge in [-0.05, 0) is 26.3 Å². The van der Waals surface area contributed by atoms with Gasteiger partial charge >= 0.3 is 0 Å². The van der Waals surface area contributed by atoms with E-state index in [2.05, 4.69) is 4.90 Å². The van der Waals surface area contributed by atoms with E-state index in [4.69, 9.17) is 0 Å². The van der Waals surface area contributed by atoms with Crippen LogP contribution in [0.1, 0.15) is 26.2 Å². The number of nitrogens with zero attached hydrogens (tertiary/aromatic N) is 1. The van der Waals surface area contributed by atoms with Crippen molar-refractivity contribution < 1.29 is 4.79 Å². The maximum Gasteiger partial charge on any atom is 0.148 e. The van der Waals surface area contributed by atoms with Crippen LogP contribution >= 0.6 is 0 Å². The second kappa shape index (κ2) is 2.06. The van der Waals surface area contributed by atoms with E-state index in [1.165, 1.54) is 19.3 Å². The first-order chi connectivity index (χ1) is 4.80. The Bertz CT molecular complexity index is 155. The molecule has 0 aromatic heterocycles. The molecule has 0 aromatic carbocycles. The molecule has 2 rings (SSSR count). The molecule has 2 fully saturated rings. The third-order valence-corrected chi connectivity index (χ3v) is 2.64. The van der Waals surface area contributed by atoms with Crippen LogP contribution in [0.25, 0.3) is 0 Å². The zero-order valence-electron chi connectivity index (χ0n) is 6.34. The summed E-state index contributed by atoms with van der Waals surface area (Å²) in [6.45, 7) is 2.87. The van der Waals surface area contributed by atoms with E-state index in [0.717, 1.165) is 6.54 Å². The molecule has 3 atom stereocenters. The van der Waals surface area contributed by atoms with Gasteiger partial charge in [0.05, 0.1) is 6.04 Å². The first kappa shape index (κ1) is 6.35. The minimum atomic E-state index is 0.322. The number of Topliss-reactive ketones (excluding diaryl/α,β-unsaturated/α-hetero) is 1. The van der Waals surface area contributed by atoms with Gasteiger partial charge in [-0.25, -0.2) is 0 Å². The Hall–Kier alpha value is -0.370. The van der Waals surface area contributed by atoms with Gasteiger partial charge in [-0.2, -0.15) is 0 Å². The molecule has 3 unspecified atom stereocenters. The lowest BCUT2D eigenvalue weighted by molar-refractivity contribution is -0.117. The number of hydrogen-bond donors (Lipinski definition) is 0. The largest absolute Gasteiger partial charge is 0.298 e. The van der Waals surface area contributed by atoms with Crippen LogP contribution in [0, 0.1) is 0 Å². The van der Waals surface area contributed by atoms with Gasteiger partial charge in [0.15, 0.2) is 0 Å². The average Bonchev–Trinajstić information content (AvgIpc) is 2.60. The van der Waals surface area contributed by atoms with Gasteiger partial charge in [-0.15, -0.1) is 0 Å².